The normalized spacial score (nSPS) is 15.2. The molecule has 0 aliphatic heterocycles. The number of carboxylic acids is 1. The monoisotopic (exact) mass is 564 g/mol. The summed E-state index contributed by atoms with van der Waals surface area (Å²) in [6, 6.07) is 5.74. The Morgan fingerprint density at radius 1 is 1.02 bits per heavy atom. The predicted molar refractivity (Wildman–Crippen MR) is 131 cm³/mol. The van der Waals surface area contributed by atoms with Gasteiger partial charge in [0.25, 0.3) is 0 Å². The molecule has 210 valence electrons. The lowest BCUT2D eigenvalue weighted by atomic mass is 9.80. The van der Waals surface area contributed by atoms with Crippen molar-refractivity contribution in [3.05, 3.63) is 65.1 Å². The first kappa shape index (κ1) is 27.3. The van der Waals surface area contributed by atoms with Gasteiger partial charge in [-0.25, -0.2) is 19.7 Å². The Hall–Kier alpha value is -4.23. The van der Waals surface area contributed by atoms with Crippen molar-refractivity contribution in [2.45, 2.75) is 51.1 Å². The van der Waals surface area contributed by atoms with E-state index in [0.717, 1.165) is 49.7 Å². The fourth-order valence-corrected chi connectivity index (χ4v) is 4.57. The van der Waals surface area contributed by atoms with Crippen molar-refractivity contribution in [3.8, 4) is 11.5 Å². The van der Waals surface area contributed by atoms with Gasteiger partial charge in [0.1, 0.15) is 11.2 Å². The van der Waals surface area contributed by atoms with Gasteiger partial charge >= 0.3 is 18.3 Å². The molecule has 3 aromatic heterocycles. The average Bonchev–Trinajstić information content (AvgIpc) is 3.20. The highest BCUT2D eigenvalue weighted by Gasteiger charge is 2.33. The van der Waals surface area contributed by atoms with Crippen LogP contribution >= 0.6 is 0 Å². The van der Waals surface area contributed by atoms with Crippen molar-refractivity contribution in [1.82, 2.24) is 24.5 Å². The first-order chi connectivity index (χ1) is 18.8. The Morgan fingerprint density at radius 3 is 2.27 bits per heavy atom. The first-order valence-electron chi connectivity index (χ1n) is 12.3. The molecule has 14 heteroatoms. The molecular weight excluding hydrogens is 542 g/mol. The largest absolute Gasteiger partial charge is 0.475 e. The summed E-state index contributed by atoms with van der Waals surface area (Å²) in [5.74, 6) is -1.69. The Labute approximate surface area is 223 Å². The van der Waals surface area contributed by atoms with Crippen LogP contribution in [0, 0.1) is 5.92 Å². The summed E-state index contributed by atoms with van der Waals surface area (Å²) in [4.78, 5) is 28.4. The Balaban J connectivity index is 1.70. The molecule has 0 spiro atoms. The summed E-state index contributed by atoms with van der Waals surface area (Å²) in [6.07, 6.45) is -5.30. The highest BCUT2D eigenvalue weighted by molar-refractivity contribution is 5.92. The van der Waals surface area contributed by atoms with Gasteiger partial charge in [0.15, 0.2) is 17.3 Å². The fourth-order valence-electron chi connectivity index (χ4n) is 4.57. The van der Waals surface area contributed by atoms with Crippen molar-refractivity contribution < 1.29 is 36.2 Å². The molecule has 2 N–H and O–H groups in total. The van der Waals surface area contributed by atoms with Gasteiger partial charge in [-0.05, 0) is 55.5 Å². The highest BCUT2D eigenvalue weighted by Crippen LogP contribution is 2.36. The fraction of sp³-hybridized carbons (Fsp3) is 0.346. The lowest BCUT2D eigenvalue weighted by molar-refractivity contribution is -0.138. The summed E-state index contributed by atoms with van der Waals surface area (Å²) in [7, 11) is 0. The number of benzene rings is 1. The molecule has 1 atom stereocenters. The maximum Gasteiger partial charge on any atom is 0.416 e. The number of rotatable bonds is 7. The number of hydrogen-bond acceptors (Lipinski definition) is 6. The number of alkyl halides is 6. The molecule has 0 saturated heterocycles. The summed E-state index contributed by atoms with van der Waals surface area (Å²) in [5, 5.41) is 12.8. The van der Waals surface area contributed by atoms with Crippen molar-refractivity contribution in [3.63, 3.8) is 0 Å². The molecule has 1 aliphatic rings. The van der Waals surface area contributed by atoms with E-state index < -0.39 is 35.3 Å². The smallest absolute Gasteiger partial charge is 0.416 e. The standard InChI is InChI=1S/C26H22F6N6O2/c1-13(15-3-2-4-15)34-20-19-21(36-22(35-20)24(39)40)37-23(18-11-17(9-10-33-18)26(30,31)32)38(19)12-14-5-7-16(8-6-14)25(27,28)29/h5-11,13,15H,2-4,12H2,1H3,(H,39,40)(H,34,35,36)/t13-/m1/s1. The minimum Gasteiger partial charge on any atom is -0.475 e. The van der Waals surface area contributed by atoms with Gasteiger partial charge in [-0.15, -0.1) is 0 Å². The number of carbonyl (C=O) groups is 1. The molecule has 4 aromatic rings. The van der Waals surface area contributed by atoms with E-state index >= 15 is 0 Å². The summed E-state index contributed by atoms with van der Waals surface area (Å²) >= 11 is 0. The number of imidazole rings is 1. The van der Waals surface area contributed by atoms with Gasteiger partial charge in [0.2, 0.25) is 5.82 Å². The number of pyridine rings is 1. The number of nitrogens with one attached hydrogen (secondary N) is 1. The molecule has 0 radical (unpaired) electrons. The second kappa shape index (κ2) is 10.1. The van der Waals surface area contributed by atoms with Gasteiger partial charge < -0.3 is 15.0 Å². The van der Waals surface area contributed by atoms with E-state index in [0.29, 0.717) is 11.5 Å². The Bertz CT molecular complexity index is 1560. The zero-order valence-electron chi connectivity index (χ0n) is 20.9. The third-order valence-electron chi connectivity index (χ3n) is 6.95. The zero-order valence-corrected chi connectivity index (χ0v) is 20.9. The second-order valence-corrected chi connectivity index (χ2v) is 9.64. The number of aromatic carboxylic acids is 1. The molecule has 5 rings (SSSR count). The first-order valence-corrected chi connectivity index (χ1v) is 12.3. The van der Waals surface area contributed by atoms with E-state index in [2.05, 4.69) is 25.3 Å². The van der Waals surface area contributed by atoms with Crippen LogP contribution < -0.4 is 5.32 Å². The SMILES string of the molecule is C[C@@H](Nc1nc(C(=O)O)nc2nc(-c3cc(C(F)(F)F)ccn3)n(Cc3ccc(C(F)(F)F)cc3)c12)C1CCC1. The molecule has 8 nitrogen and oxygen atoms in total. The molecule has 40 heavy (non-hydrogen) atoms. The molecule has 0 unspecified atom stereocenters. The van der Waals surface area contributed by atoms with Crippen LogP contribution in [0.1, 0.15) is 53.5 Å². The number of halogens is 6. The molecule has 0 bridgehead atoms. The summed E-state index contributed by atoms with van der Waals surface area (Å²) < 4.78 is 81.2. The minimum atomic E-state index is -4.68. The van der Waals surface area contributed by atoms with Crippen molar-refractivity contribution in [2.24, 2.45) is 5.92 Å². The average molecular weight is 564 g/mol. The summed E-state index contributed by atoms with van der Waals surface area (Å²) in [6.45, 7) is 1.77. The molecule has 3 heterocycles. The molecule has 1 fully saturated rings. The van der Waals surface area contributed by atoms with Crippen molar-refractivity contribution >= 4 is 23.0 Å². The van der Waals surface area contributed by atoms with Crippen molar-refractivity contribution in [1.29, 1.82) is 0 Å². The van der Waals surface area contributed by atoms with Gasteiger partial charge in [-0.1, -0.05) is 18.6 Å². The van der Waals surface area contributed by atoms with Gasteiger partial charge in [0, 0.05) is 18.8 Å². The van der Waals surface area contributed by atoms with E-state index in [1.54, 1.807) is 0 Å². The molecule has 0 amide bonds. The number of hydrogen-bond donors (Lipinski definition) is 2. The van der Waals surface area contributed by atoms with Crippen LogP contribution in [-0.4, -0.2) is 41.6 Å². The highest BCUT2D eigenvalue weighted by atomic mass is 19.4. The number of carboxylic acid groups (broad SMARTS) is 1. The molecule has 1 saturated carbocycles. The number of aromatic nitrogens is 5. The van der Waals surface area contributed by atoms with Gasteiger partial charge in [-0.3, -0.25) is 4.98 Å². The van der Waals surface area contributed by atoms with E-state index in [-0.39, 0.29) is 41.1 Å². The van der Waals surface area contributed by atoms with Crippen LogP contribution in [-0.2, 0) is 18.9 Å². The van der Waals surface area contributed by atoms with Crippen LogP contribution in [0.2, 0.25) is 0 Å². The molecule has 1 aromatic carbocycles. The molecule has 1 aliphatic carbocycles. The zero-order chi connectivity index (χ0) is 28.8. The van der Waals surface area contributed by atoms with Crippen LogP contribution in [0.15, 0.2) is 42.6 Å². The number of anilines is 1. The van der Waals surface area contributed by atoms with Crippen LogP contribution in [0.3, 0.4) is 0 Å². The Kier molecular flexibility index (Phi) is 6.88. The third-order valence-corrected chi connectivity index (χ3v) is 6.95. The maximum atomic E-state index is 13.5. The van der Waals surface area contributed by atoms with Crippen LogP contribution in [0.4, 0.5) is 32.2 Å². The lowest BCUT2D eigenvalue weighted by Gasteiger charge is -2.32. The van der Waals surface area contributed by atoms with Gasteiger partial charge in [0.05, 0.1) is 11.1 Å². The topological polar surface area (TPSA) is 106 Å². The predicted octanol–water partition coefficient (Wildman–Crippen LogP) is 6.27. The van der Waals surface area contributed by atoms with E-state index in [4.69, 9.17) is 0 Å². The van der Waals surface area contributed by atoms with E-state index in [1.165, 1.54) is 16.7 Å². The minimum absolute atomic E-state index is 0.0859. The lowest BCUT2D eigenvalue weighted by Crippen LogP contribution is -2.31. The van der Waals surface area contributed by atoms with Crippen LogP contribution in [0.5, 0.6) is 0 Å². The summed E-state index contributed by atoms with van der Waals surface area (Å²) in [5.41, 5.74) is -1.59. The Morgan fingerprint density at radius 2 is 1.70 bits per heavy atom. The third kappa shape index (κ3) is 5.42. The second-order valence-electron chi connectivity index (χ2n) is 9.64. The maximum absolute atomic E-state index is 13.5. The van der Waals surface area contributed by atoms with Crippen LogP contribution in [0.25, 0.3) is 22.7 Å². The van der Waals surface area contributed by atoms with Gasteiger partial charge in [-0.2, -0.15) is 26.3 Å². The molecular formula is C26H22F6N6O2. The van der Waals surface area contributed by atoms with Crippen molar-refractivity contribution in [2.75, 3.05) is 5.32 Å². The van der Waals surface area contributed by atoms with E-state index in [1.807, 2.05) is 6.92 Å². The number of nitrogens with zero attached hydrogens (tertiary/aromatic N) is 5. The van der Waals surface area contributed by atoms with E-state index in [9.17, 15) is 36.2 Å². The quantitative estimate of drug-likeness (QED) is 0.255. The number of fused-ring (bicyclic) bond motifs is 1.